The summed E-state index contributed by atoms with van der Waals surface area (Å²) in [4.78, 5) is 47.7. The van der Waals surface area contributed by atoms with Crippen molar-refractivity contribution in [1.29, 1.82) is 0 Å². The highest BCUT2D eigenvalue weighted by molar-refractivity contribution is 6.08. The van der Waals surface area contributed by atoms with Gasteiger partial charge in [-0.25, -0.2) is 4.79 Å². The number of aliphatic carboxylic acids is 1. The number of urea groups is 1. The number of carbonyl (C=O) groups excluding carboxylic acids is 3. The number of carboxylic acid groups (broad SMARTS) is 1. The number of nitrogens with zero attached hydrogens (tertiary/aromatic N) is 2. The minimum absolute atomic E-state index is 0.210. The largest absolute Gasteiger partial charge is 0.480 e. The molecule has 0 radical (unpaired) electrons. The number of carboxylic acids is 1. The number of carbonyl (C=O) groups is 4. The molecule has 0 aromatic heterocycles. The van der Waals surface area contributed by atoms with Crippen molar-refractivity contribution in [2.24, 2.45) is 0 Å². The molecule has 1 saturated heterocycles. The number of nitrogens with one attached hydrogen (secondary N) is 1. The fourth-order valence-electron chi connectivity index (χ4n) is 1.70. The lowest BCUT2D eigenvalue weighted by Gasteiger charge is -2.21. The zero-order valence-electron chi connectivity index (χ0n) is 11.2. The highest BCUT2D eigenvalue weighted by Crippen LogP contribution is 2.16. The number of rotatable bonds is 5. The van der Waals surface area contributed by atoms with Crippen LogP contribution >= 0.6 is 0 Å². The molecule has 0 aromatic carbocycles. The number of hydrogen-bond acceptors (Lipinski definition) is 4. The Hall–Kier alpha value is -2.56. The van der Waals surface area contributed by atoms with Gasteiger partial charge in [0.1, 0.15) is 18.6 Å². The van der Waals surface area contributed by atoms with E-state index < -0.39 is 42.4 Å². The van der Waals surface area contributed by atoms with Crippen LogP contribution in [-0.2, 0) is 14.4 Å². The van der Waals surface area contributed by atoms with Crippen molar-refractivity contribution in [1.82, 2.24) is 15.1 Å². The molecule has 1 heterocycles. The van der Waals surface area contributed by atoms with Crippen LogP contribution in [0.15, 0.2) is 0 Å². The molecule has 1 aliphatic rings. The van der Waals surface area contributed by atoms with Crippen molar-refractivity contribution in [3.8, 4) is 12.3 Å². The SMILES string of the molecule is C#CCN(CC(=O)O)C(=O)CN1C(=O)NC(C)(C)C1=O. The molecule has 0 saturated carbocycles. The summed E-state index contributed by atoms with van der Waals surface area (Å²) in [6.07, 6.45) is 5.05. The molecule has 20 heavy (non-hydrogen) atoms. The van der Waals surface area contributed by atoms with Crippen molar-refractivity contribution in [2.45, 2.75) is 19.4 Å². The molecule has 8 heteroatoms. The lowest BCUT2D eigenvalue weighted by Crippen LogP contribution is -2.46. The van der Waals surface area contributed by atoms with Gasteiger partial charge in [0, 0.05) is 0 Å². The minimum Gasteiger partial charge on any atom is -0.480 e. The van der Waals surface area contributed by atoms with E-state index in [4.69, 9.17) is 11.5 Å². The topological polar surface area (TPSA) is 107 Å². The Kier molecular flexibility index (Phi) is 4.34. The fraction of sp³-hybridized carbons (Fsp3) is 0.500. The molecule has 0 atom stereocenters. The number of amides is 4. The molecule has 1 rings (SSSR count). The summed E-state index contributed by atoms with van der Waals surface area (Å²) < 4.78 is 0. The second kappa shape index (κ2) is 5.61. The van der Waals surface area contributed by atoms with Gasteiger partial charge in [0.25, 0.3) is 5.91 Å². The summed E-state index contributed by atoms with van der Waals surface area (Å²) in [5, 5.41) is 11.1. The average Bonchev–Trinajstić information content (AvgIpc) is 2.50. The molecule has 1 aliphatic heterocycles. The van der Waals surface area contributed by atoms with Gasteiger partial charge in [0.2, 0.25) is 5.91 Å². The minimum atomic E-state index is -1.23. The normalized spacial score (nSPS) is 16.6. The Morgan fingerprint density at radius 2 is 2.05 bits per heavy atom. The first-order valence-electron chi connectivity index (χ1n) is 5.76. The smallest absolute Gasteiger partial charge is 0.325 e. The number of hydrogen-bond donors (Lipinski definition) is 2. The first-order valence-corrected chi connectivity index (χ1v) is 5.76. The Morgan fingerprint density at radius 1 is 1.45 bits per heavy atom. The molecule has 2 N–H and O–H groups in total. The quantitative estimate of drug-likeness (QED) is 0.489. The molecule has 0 unspecified atom stereocenters. The standard InChI is InChI=1S/C12H15N3O5/c1-4-5-14(7-9(17)18)8(16)6-15-10(19)12(2,3)13-11(15)20/h1H,5-7H2,2-3H3,(H,13,20)(H,17,18). The van der Waals surface area contributed by atoms with Crippen LogP contribution in [-0.4, -0.2) is 63.9 Å². The summed E-state index contributed by atoms with van der Waals surface area (Å²) in [7, 11) is 0. The third kappa shape index (κ3) is 3.26. The van der Waals surface area contributed by atoms with Gasteiger partial charge < -0.3 is 15.3 Å². The van der Waals surface area contributed by atoms with Gasteiger partial charge in [-0.3, -0.25) is 19.3 Å². The van der Waals surface area contributed by atoms with Crippen molar-refractivity contribution < 1.29 is 24.3 Å². The maximum absolute atomic E-state index is 11.9. The Bertz CT molecular complexity index is 506. The lowest BCUT2D eigenvalue weighted by molar-refractivity contribution is -0.145. The van der Waals surface area contributed by atoms with E-state index in [0.29, 0.717) is 0 Å². The van der Waals surface area contributed by atoms with Gasteiger partial charge in [-0.05, 0) is 13.8 Å². The molecule has 108 valence electrons. The first-order chi connectivity index (χ1) is 9.19. The first kappa shape index (κ1) is 15.5. The third-order valence-corrected chi connectivity index (χ3v) is 2.70. The Balaban J connectivity index is 2.79. The number of terminal acetylenes is 1. The van der Waals surface area contributed by atoms with Crippen LogP contribution in [0.1, 0.15) is 13.8 Å². The van der Waals surface area contributed by atoms with Crippen molar-refractivity contribution in [2.75, 3.05) is 19.6 Å². The van der Waals surface area contributed by atoms with Crippen LogP contribution < -0.4 is 5.32 Å². The monoisotopic (exact) mass is 281 g/mol. The Morgan fingerprint density at radius 3 is 2.45 bits per heavy atom. The van der Waals surface area contributed by atoms with Crippen molar-refractivity contribution in [3.63, 3.8) is 0 Å². The van der Waals surface area contributed by atoms with Gasteiger partial charge in [0.15, 0.2) is 0 Å². The zero-order chi connectivity index (χ0) is 15.5. The van der Waals surface area contributed by atoms with E-state index in [1.54, 1.807) is 0 Å². The lowest BCUT2D eigenvalue weighted by atomic mass is 10.1. The van der Waals surface area contributed by atoms with E-state index in [2.05, 4.69) is 11.2 Å². The second-order valence-electron chi connectivity index (χ2n) is 4.79. The molecule has 8 nitrogen and oxygen atoms in total. The van der Waals surface area contributed by atoms with Crippen LogP contribution in [0.3, 0.4) is 0 Å². The maximum Gasteiger partial charge on any atom is 0.325 e. The summed E-state index contributed by atoms with van der Waals surface area (Å²) in [5.41, 5.74) is -1.08. The van der Waals surface area contributed by atoms with Gasteiger partial charge in [-0.15, -0.1) is 6.42 Å². The van der Waals surface area contributed by atoms with Crippen LogP contribution in [0.2, 0.25) is 0 Å². The van der Waals surface area contributed by atoms with E-state index in [1.165, 1.54) is 13.8 Å². The number of imide groups is 1. The molecule has 0 aromatic rings. The van der Waals surface area contributed by atoms with Crippen LogP contribution in [0, 0.1) is 12.3 Å². The summed E-state index contributed by atoms with van der Waals surface area (Å²) in [6.45, 7) is 1.68. The Labute approximate surface area is 115 Å². The molecule has 0 bridgehead atoms. The van der Waals surface area contributed by atoms with Gasteiger partial charge in [-0.2, -0.15) is 0 Å². The van der Waals surface area contributed by atoms with E-state index in [-0.39, 0.29) is 6.54 Å². The van der Waals surface area contributed by atoms with E-state index in [0.717, 1.165) is 9.80 Å². The van der Waals surface area contributed by atoms with Crippen molar-refractivity contribution >= 4 is 23.8 Å². The van der Waals surface area contributed by atoms with Gasteiger partial charge in [-0.1, -0.05) is 5.92 Å². The van der Waals surface area contributed by atoms with Gasteiger partial charge >= 0.3 is 12.0 Å². The molecule has 0 spiro atoms. The highest BCUT2D eigenvalue weighted by Gasteiger charge is 2.45. The average molecular weight is 281 g/mol. The molecule has 1 fully saturated rings. The summed E-state index contributed by atoms with van der Waals surface area (Å²) in [6, 6.07) is -0.690. The van der Waals surface area contributed by atoms with E-state index in [1.807, 2.05) is 0 Å². The van der Waals surface area contributed by atoms with Crippen LogP contribution in [0.5, 0.6) is 0 Å². The molecule has 4 amide bonds. The van der Waals surface area contributed by atoms with Crippen LogP contribution in [0.25, 0.3) is 0 Å². The van der Waals surface area contributed by atoms with E-state index >= 15 is 0 Å². The maximum atomic E-state index is 11.9. The summed E-state index contributed by atoms with van der Waals surface area (Å²) >= 11 is 0. The fourth-order valence-corrected chi connectivity index (χ4v) is 1.70. The second-order valence-corrected chi connectivity index (χ2v) is 4.79. The molecular weight excluding hydrogens is 266 g/mol. The molecular formula is C12H15N3O5. The van der Waals surface area contributed by atoms with E-state index in [9.17, 15) is 19.2 Å². The molecule has 0 aliphatic carbocycles. The van der Waals surface area contributed by atoms with Crippen LogP contribution in [0.4, 0.5) is 4.79 Å². The summed E-state index contributed by atoms with van der Waals surface area (Å²) in [5.74, 6) is -0.327. The highest BCUT2D eigenvalue weighted by atomic mass is 16.4. The zero-order valence-corrected chi connectivity index (χ0v) is 11.2. The predicted octanol–water partition coefficient (Wildman–Crippen LogP) is -1.14. The van der Waals surface area contributed by atoms with Crippen molar-refractivity contribution in [3.05, 3.63) is 0 Å². The van der Waals surface area contributed by atoms with Gasteiger partial charge in [0.05, 0.1) is 6.54 Å². The third-order valence-electron chi connectivity index (χ3n) is 2.70. The predicted molar refractivity (Wildman–Crippen MR) is 67.4 cm³/mol.